The summed E-state index contributed by atoms with van der Waals surface area (Å²) in [6.07, 6.45) is 2.80. The van der Waals surface area contributed by atoms with Gasteiger partial charge in [0.15, 0.2) is 11.6 Å². The molecule has 3 rings (SSSR count). The van der Waals surface area contributed by atoms with E-state index in [-0.39, 0.29) is 0 Å². The van der Waals surface area contributed by atoms with Crippen molar-refractivity contribution in [3.8, 4) is 11.6 Å². The second kappa shape index (κ2) is 4.82. The first-order valence-electron chi connectivity index (χ1n) is 7.04. The van der Waals surface area contributed by atoms with Crippen LogP contribution in [-0.2, 0) is 6.54 Å². The first-order chi connectivity index (χ1) is 9.54. The number of hydrogen-bond acceptors (Lipinski definition) is 2. The summed E-state index contributed by atoms with van der Waals surface area (Å²) in [5.74, 6) is 1.75. The lowest BCUT2D eigenvalue weighted by Crippen LogP contribution is -2.11. The highest BCUT2D eigenvalue weighted by Gasteiger charge is 2.17. The van der Waals surface area contributed by atoms with Crippen molar-refractivity contribution in [1.82, 2.24) is 9.55 Å². The molecule has 0 amide bonds. The van der Waals surface area contributed by atoms with Gasteiger partial charge in [-0.15, -0.1) is 0 Å². The Kier molecular flexibility index (Phi) is 3.13. The molecule has 20 heavy (non-hydrogen) atoms. The Hall–Kier alpha value is -2.03. The monoisotopic (exact) mass is 268 g/mol. The molecular formula is C17H20N2O. The number of furan rings is 1. The molecule has 0 unspecified atom stereocenters. The third kappa shape index (κ3) is 2.48. The first-order valence-corrected chi connectivity index (χ1v) is 7.04. The van der Waals surface area contributed by atoms with E-state index in [1.807, 2.05) is 18.2 Å². The van der Waals surface area contributed by atoms with Gasteiger partial charge in [-0.2, -0.15) is 0 Å². The fourth-order valence-electron chi connectivity index (χ4n) is 2.34. The number of benzene rings is 1. The largest absolute Gasteiger partial charge is 0.461 e. The minimum atomic E-state index is 0.297. The number of rotatable bonds is 3. The fourth-order valence-corrected chi connectivity index (χ4v) is 2.34. The maximum absolute atomic E-state index is 5.54. The van der Waals surface area contributed by atoms with Crippen LogP contribution in [0.15, 0.2) is 47.1 Å². The summed E-state index contributed by atoms with van der Waals surface area (Å²) in [6.45, 7) is 7.73. The van der Waals surface area contributed by atoms with Crippen molar-refractivity contribution in [3.63, 3.8) is 0 Å². The molecule has 0 aliphatic rings. The van der Waals surface area contributed by atoms with E-state index >= 15 is 0 Å². The first kappa shape index (κ1) is 13.0. The predicted octanol–water partition coefficient (Wildman–Crippen LogP) is 4.73. The Bertz CT molecular complexity index is 702. The molecule has 3 heteroatoms. The molecule has 0 spiro atoms. The van der Waals surface area contributed by atoms with Crippen molar-refractivity contribution in [2.45, 2.75) is 33.7 Å². The van der Waals surface area contributed by atoms with Crippen LogP contribution in [0.4, 0.5) is 0 Å². The maximum atomic E-state index is 5.54. The van der Waals surface area contributed by atoms with E-state index < -0.39 is 0 Å². The highest BCUT2D eigenvalue weighted by molar-refractivity contribution is 5.79. The lowest BCUT2D eigenvalue weighted by atomic mass is 9.92. The molecule has 0 fully saturated rings. The molecule has 0 aliphatic heterocycles. The van der Waals surface area contributed by atoms with Crippen molar-refractivity contribution in [3.05, 3.63) is 42.7 Å². The van der Waals surface area contributed by atoms with Crippen LogP contribution in [0.3, 0.4) is 0 Å². The molecule has 3 aromatic rings. The highest BCUT2D eigenvalue weighted by Crippen LogP contribution is 2.28. The molecule has 0 radical (unpaired) electrons. The molecule has 0 bridgehead atoms. The van der Waals surface area contributed by atoms with Crippen LogP contribution in [0, 0.1) is 5.41 Å². The summed E-state index contributed by atoms with van der Waals surface area (Å²) < 4.78 is 7.80. The summed E-state index contributed by atoms with van der Waals surface area (Å²) in [6, 6.07) is 12.1. The van der Waals surface area contributed by atoms with Crippen LogP contribution in [0.25, 0.3) is 22.6 Å². The summed E-state index contributed by atoms with van der Waals surface area (Å²) in [5.41, 5.74) is 2.49. The number of fused-ring (bicyclic) bond motifs is 1. The van der Waals surface area contributed by atoms with Gasteiger partial charge in [0.25, 0.3) is 0 Å². The van der Waals surface area contributed by atoms with Gasteiger partial charge in [0.1, 0.15) is 0 Å². The zero-order valence-corrected chi connectivity index (χ0v) is 12.3. The predicted molar refractivity (Wildman–Crippen MR) is 81.5 cm³/mol. The molecular weight excluding hydrogens is 248 g/mol. The smallest absolute Gasteiger partial charge is 0.177 e. The van der Waals surface area contributed by atoms with Crippen LogP contribution >= 0.6 is 0 Å². The van der Waals surface area contributed by atoms with Gasteiger partial charge < -0.3 is 8.98 Å². The Morgan fingerprint density at radius 3 is 2.60 bits per heavy atom. The molecule has 0 saturated heterocycles. The zero-order chi connectivity index (χ0) is 14.2. The summed E-state index contributed by atoms with van der Waals surface area (Å²) in [7, 11) is 0. The van der Waals surface area contributed by atoms with E-state index in [0.29, 0.717) is 5.41 Å². The van der Waals surface area contributed by atoms with Gasteiger partial charge in [0.2, 0.25) is 0 Å². The lowest BCUT2D eigenvalue weighted by Gasteiger charge is -2.19. The topological polar surface area (TPSA) is 31.0 Å². The Morgan fingerprint density at radius 1 is 1.10 bits per heavy atom. The molecule has 1 aromatic carbocycles. The molecule has 0 N–H and O–H groups in total. The maximum Gasteiger partial charge on any atom is 0.177 e. The number of nitrogens with zero attached hydrogens (tertiary/aromatic N) is 2. The second-order valence-corrected chi connectivity index (χ2v) is 6.36. The van der Waals surface area contributed by atoms with Crippen molar-refractivity contribution in [1.29, 1.82) is 0 Å². The fraction of sp³-hybridized carbons (Fsp3) is 0.353. The average molecular weight is 268 g/mol. The van der Waals surface area contributed by atoms with Crippen molar-refractivity contribution in [2.75, 3.05) is 0 Å². The van der Waals surface area contributed by atoms with Gasteiger partial charge in [-0.25, -0.2) is 4.98 Å². The normalized spacial score (nSPS) is 12.2. The van der Waals surface area contributed by atoms with Gasteiger partial charge in [-0.05, 0) is 36.1 Å². The van der Waals surface area contributed by atoms with Crippen LogP contribution in [0.2, 0.25) is 0 Å². The third-order valence-electron chi connectivity index (χ3n) is 3.48. The van der Waals surface area contributed by atoms with Crippen LogP contribution in [0.5, 0.6) is 0 Å². The second-order valence-electron chi connectivity index (χ2n) is 6.36. The Labute approximate surface area is 119 Å². The Balaban J connectivity index is 2.09. The SMILES string of the molecule is CC(C)(C)CCn1c(-c2ccco2)nc2ccccc21. The van der Waals surface area contributed by atoms with Gasteiger partial charge in [-0.3, -0.25) is 0 Å². The van der Waals surface area contributed by atoms with E-state index in [4.69, 9.17) is 9.40 Å². The van der Waals surface area contributed by atoms with Gasteiger partial charge in [-0.1, -0.05) is 32.9 Å². The average Bonchev–Trinajstić information content (AvgIpc) is 3.02. The summed E-state index contributed by atoms with van der Waals surface area (Å²) >= 11 is 0. The summed E-state index contributed by atoms with van der Waals surface area (Å²) in [5, 5.41) is 0. The molecule has 0 aliphatic carbocycles. The van der Waals surface area contributed by atoms with Crippen LogP contribution in [-0.4, -0.2) is 9.55 Å². The lowest BCUT2D eigenvalue weighted by molar-refractivity contribution is 0.353. The number of hydrogen-bond donors (Lipinski definition) is 0. The minimum absolute atomic E-state index is 0.297. The van der Waals surface area contributed by atoms with Gasteiger partial charge in [0.05, 0.1) is 17.3 Å². The van der Waals surface area contributed by atoms with Crippen LogP contribution in [0.1, 0.15) is 27.2 Å². The van der Waals surface area contributed by atoms with Crippen LogP contribution < -0.4 is 0 Å². The third-order valence-corrected chi connectivity index (χ3v) is 3.48. The van der Waals surface area contributed by atoms with E-state index in [1.165, 1.54) is 5.52 Å². The molecule has 2 heterocycles. The van der Waals surface area contributed by atoms with Gasteiger partial charge in [0, 0.05) is 6.54 Å². The van der Waals surface area contributed by atoms with Crippen molar-refractivity contribution < 1.29 is 4.42 Å². The van der Waals surface area contributed by atoms with E-state index in [0.717, 1.165) is 30.1 Å². The quantitative estimate of drug-likeness (QED) is 0.687. The number of aromatic nitrogens is 2. The Morgan fingerprint density at radius 2 is 1.90 bits per heavy atom. The molecule has 2 aromatic heterocycles. The van der Waals surface area contributed by atoms with E-state index in [1.54, 1.807) is 6.26 Å². The zero-order valence-electron chi connectivity index (χ0n) is 12.3. The molecule has 3 nitrogen and oxygen atoms in total. The van der Waals surface area contributed by atoms with Gasteiger partial charge >= 0.3 is 0 Å². The summed E-state index contributed by atoms with van der Waals surface area (Å²) in [4.78, 5) is 4.73. The standard InChI is InChI=1S/C17H20N2O/c1-17(2,3)10-11-19-14-8-5-4-7-13(14)18-16(19)15-9-6-12-20-15/h4-9,12H,10-11H2,1-3H3. The van der Waals surface area contributed by atoms with E-state index in [2.05, 4.69) is 43.5 Å². The van der Waals surface area contributed by atoms with Crippen molar-refractivity contribution in [2.24, 2.45) is 5.41 Å². The number of para-hydroxylation sites is 2. The number of imidazole rings is 1. The highest BCUT2D eigenvalue weighted by atomic mass is 16.3. The minimum Gasteiger partial charge on any atom is -0.461 e. The number of aryl methyl sites for hydroxylation is 1. The molecule has 0 saturated carbocycles. The molecule has 104 valence electrons. The van der Waals surface area contributed by atoms with E-state index in [9.17, 15) is 0 Å². The van der Waals surface area contributed by atoms with Crippen molar-refractivity contribution >= 4 is 11.0 Å². The molecule has 0 atom stereocenters.